The van der Waals surface area contributed by atoms with E-state index in [1.54, 1.807) is 24.4 Å². The SMILES string of the molecule is O=C(Nc1cccnc1N1CCCC1)c1ccc(S(=O)(=O)Nc2ccncc2)cc1. The third kappa shape index (κ3) is 4.41. The molecule has 1 fully saturated rings. The molecular formula is C21H21N5O3S. The summed E-state index contributed by atoms with van der Waals surface area (Å²) in [5.41, 5.74) is 1.41. The molecule has 0 aliphatic carbocycles. The Bertz CT molecular complexity index is 1130. The summed E-state index contributed by atoms with van der Waals surface area (Å²) in [5, 5.41) is 2.89. The zero-order valence-electron chi connectivity index (χ0n) is 16.2. The first-order valence-electron chi connectivity index (χ1n) is 9.57. The van der Waals surface area contributed by atoms with Crippen molar-refractivity contribution in [2.45, 2.75) is 17.7 Å². The maximum Gasteiger partial charge on any atom is 0.261 e. The molecule has 4 rings (SSSR count). The topological polar surface area (TPSA) is 104 Å². The molecule has 1 aliphatic heterocycles. The van der Waals surface area contributed by atoms with Gasteiger partial charge in [0.05, 0.1) is 16.3 Å². The summed E-state index contributed by atoms with van der Waals surface area (Å²) in [5.74, 6) is 0.429. The number of rotatable bonds is 6. The van der Waals surface area contributed by atoms with E-state index < -0.39 is 10.0 Å². The second-order valence-corrected chi connectivity index (χ2v) is 8.57. The molecule has 0 atom stereocenters. The first kappa shape index (κ1) is 19.8. The number of carbonyl (C=O) groups is 1. The van der Waals surface area contributed by atoms with E-state index in [2.05, 4.69) is 24.9 Å². The van der Waals surface area contributed by atoms with E-state index in [0.717, 1.165) is 31.7 Å². The van der Waals surface area contributed by atoms with Crippen LogP contribution in [0.5, 0.6) is 0 Å². The van der Waals surface area contributed by atoms with E-state index in [1.165, 1.54) is 36.7 Å². The lowest BCUT2D eigenvalue weighted by molar-refractivity contribution is 0.102. The number of amides is 1. The predicted molar refractivity (Wildman–Crippen MR) is 115 cm³/mol. The fraction of sp³-hybridized carbons (Fsp3) is 0.190. The number of aromatic nitrogens is 2. The molecule has 0 saturated carbocycles. The Morgan fingerprint density at radius 1 is 0.933 bits per heavy atom. The van der Waals surface area contributed by atoms with Gasteiger partial charge in [-0.1, -0.05) is 0 Å². The third-order valence-electron chi connectivity index (χ3n) is 4.80. The average molecular weight is 423 g/mol. The zero-order chi connectivity index (χ0) is 21.0. The number of hydrogen-bond acceptors (Lipinski definition) is 6. The van der Waals surface area contributed by atoms with Gasteiger partial charge in [0.2, 0.25) is 0 Å². The van der Waals surface area contributed by atoms with Crippen molar-refractivity contribution >= 4 is 33.1 Å². The van der Waals surface area contributed by atoms with Crippen molar-refractivity contribution in [3.63, 3.8) is 0 Å². The number of nitrogens with one attached hydrogen (secondary N) is 2. The molecule has 0 bridgehead atoms. The lowest BCUT2D eigenvalue weighted by atomic mass is 10.2. The van der Waals surface area contributed by atoms with Crippen molar-refractivity contribution in [1.29, 1.82) is 0 Å². The molecule has 0 spiro atoms. The first-order valence-corrected chi connectivity index (χ1v) is 11.1. The number of carbonyl (C=O) groups excluding carboxylic acids is 1. The Morgan fingerprint density at radius 2 is 1.63 bits per heavy atom. The summed E-state index contributed by atoms with van der Waals surface area (Å²) in [6, 6.07) is 12.5. The number of anilines is 3. The number of benzene rings is 1. The van der Waals surface area contributed by atoms with Gasteiger partial charge in [0.25, 0.3) is 15.9 Å². The fourth-order valence-electron chi connectivity index (χ4n) is 3.29. The zero-order valence-corrected chi connectivity index (χ0v) is 17.0. The minimum atomic E-state index is -3.76. The molecule has 1 aliphatic rings. The van der Waals surface area contributed by atoms with E-state index in [9.17, 15) is 13.2 Å². The molecule has 0 unspecified atom stereocenters. The van der Waals surface area contributed by atoms with Crippen LogP contribution in [-0.2, 0) is 10.0 Å². The van der Waals surface area contributed by atoms with Crippen LogP contribution in [0, 0.1) is 0 Å². The lowest BCUT2D eigenvalue weighted by Gasteiger charge is -2.20. The van der Waals surface area contributed by atoms with Crippen LogP contribution < -0.4 is 14.9 Å². The lowest BCUT2D eigenvalue weighted by Crippen LogP contribution is -2.22. The highest BCUT2D eigenvalue weighted by molar-refractivity contribution is 7.92. The molecule has 1 saturated heterocycles. The number of hydrogen-bond donors (Lipinski definition) is 2. The average Bonchev–Trinajstić information content (AvgIpc) is 3.29. The molecule has 3 heterocycles. The summed E-state index contributed by atoms with van der Waals surface area (Å²) in [6.07, 6.45) is 6.92. The second-order valence-electron chi connectivity index (χ2n) is 6.89. The highest BCUT2D eigenvalue weighted by atomic mass is 32.2. The number of sulfonamides is 1. The summed E-state index contributed by atoms with van der Waals surface area (Å²) in [7, 11) is -3.76. The second kappa shape index (κ2) is 8.50. The maximum atomic E-state index is 12.7. The highest BCUT2D eigenvalue weighted by Gasteiger charge is 2.19. The monoisotopic (exact) mass is 423 g/mol. The third-order valence-corrected chi connectivity index (χ3v) is 6.20. The smallest absolute Gasteiger partial charge is 0.261 e. The Hall–Kier alpha value is -3.46. The Kier molecular flexibility index (Phi) is 5.62. The van der Waals surface area contributed by atoms with E-state index in [1.807, 2.05) is 6.07 Å². The van der Waals surface area contributed by atoms with Crippen molar-refractivity contribution < 1.29 is 13.2 Å². The van der Waals surface area contributed by atoms with Crippen LogP contribution in [-0.4, -0.2) is 37.4 Å². The van der Waals surface area contributed by atoms with Gasteiger partial charge in [0, 0.05) is 37.2 Å². The molecule has 2 aromatic heterocycles. The quantitative estimate of drug-likeness (QED) is 0.631. The van der Waals surface area contributed by atoms with E-state index >= 15 is 0 Å². The van der Waals surface area contributed by atoms with Gasteiger partial charge >= 0.3 is 0 Å². The van der Waals surface area contributed by atoms with E-state index in [4.69, 9.17) is 0 Å². The minimum absolute atomic E-state index is 0.0648. The Morgan fingerprint density at radius 3 is 2.33 bits per heavy atom. The number of pyridine rings is 2. The van der Waals surface area contributed by atoms with Gasteiger partial charge in [-0.2, -0.15) is 0 Å². The van der Waals surface area contributed by atoms with Crippen LogP contribution in [0.15, 0.2) is 72.0 Å². The molecule has 30 heavy (non-hydrogen) atoms. The predicted octanol–water partition coefficient (Wildman–Crippen LogP) is 3.13. The Labute approximate surface area is 175 Å². The summed E-state index contributed by atoms with van der Waals surface area (Å²) in [4.78, 5) is 23.2. The van der Waals surface area contributed by atoms with Crippen LogP contribution in [0.3, 0.4) is 0 Å². The largest absolute Gasteiger partial charge is 0.355 e. The molecule has 3 aromatic rings. The molecule has 1 amide bonds. The van der Waals surface area contributed by atoms with Crippen LogP contribution in [0.25, 0.3) is 0 Å². The molecular weight excluding hydrogens is 402 g/mol. The molecule has 154 valence electrons. The summed E-state index contributed by atoms with van der Waals surface area (Å²) < 4.78 is 27.5. The van der Waals surface area contributed by atoms with Gasteiger partial charge in [-0.15, -0.1) is 0 Å². The molecule has 2 N–H and O–H groups in total. The van der Waals surface area contributed by atoms with Crippen LogP contribution in [0.2, 0.25) is 0 Å². The van der Waals surface area contributed by atoms with Crippen molar-refractivity contribution in [3.8, 4) is 0 Å². The molecule has 9 heteroatoms. The van der Waals surface area contributed by atoms with Gasteiger partial charge < -0.3 is 10.2 Å². The van der Waals surface area contributed by atoms with Gasteiger partial charge in [-0.3, -0.25) is 14.5 Å². The maximum absolute atomic E-state index is 12.7. The van der Waals surface area contributed by atoms with E-state index in [0.29, 0.717) is 16.9 Å². The van der Waals surface area contributed by atoms with Crippen molar-refractivity contribution in [1.82, 2.24) is 9.97 Å². The van der Waals surface area contributed by atoms with Crippen LogP contribution >= 0.6 is 0 Å². The first-order chi connectivity index (χ1) is 14.5. The van der Waals surface area contributed by atoms with Crippen molar-refractivity contribution in [2.75, 3.05) is 28.0 Å². The highest BCUT2D eigenvalue weighted by Crippen LogP contribution is 2.26. The number of nitrogens with zero attached hydrogens (tertiary/aromatic N) is 3. The molecule has 1 aromatic carbocycles. The Balaban J connectivity index is 1.49. The standard InChI is InChI=1S/C21H21N5O3S/c27-21(24-19-4-3-11-23-20(19)26-14-1-2-15-26)16-5-7-18(8-6-16)30(28,29)25-17-9-12-22-13-10-17/h3-13H,1-2,14-15H2,(H,22,25)(H,24,27). The van der Waals surface area contributed by atoms with Gasteiger partial charge in [-0.05, 0) is 61.4 Å². The summed E-state index contributed by atoms with van der Waals surface area (Å²) >= 11 is 0. The minimum Gasteiger partial charge on any atom is -0.355 e. The van der Waals surface area contributed by atoms with E-state index in [-0.39, 0.29) is 10.8 Å². The van der Waals surface area contributed by atoms with Gasteiger partial charge in [0.1, 0.15) is 0 Å². The van der Waals surface area contributed by atoms with Crippen molar-refractivity contribution in [3.05, 3.63) is 72.7 Å². The molecule has 8 nitrogen and oxygen atoms in total. The fourth-order valence-corrected chi connectivity index (χ4v) is 4.35. The van der Waals surface area contributed by atoms with Gasteiger partial charge in [-0.25, -0.2) is 13.4 Å². The van der Waals surface area contributed by atoms with Crippen LogP contribution in [0.4, 0.5) is 17.2 Å². The molecule has 0 radical (unpaired) electrons. The summed E-state index contributed by atoms with van der Waals surface area (Å²) in [6.45, 7) is 1.83. The van der Waals surface area contributed by atoms with Crippen molar-refractivity contribution in [2.24, 2.45) is 0 Å². The van der Waals surface area contributed by atoms with Gasteiger partial charge in [0.15, 0.2) is 5.82 Å². The van der Waals surface area contributed by atoms with Crippen LogP contribution in [0.1, 0.15) is 23.2 Å². The normalized spacial score (nSPS) is 13.8.